The van der Waals surface area contributed by atoms with Crippen molar-refractivity contribution in [2.24, 2.45) is 0 Å². The Morgan fingerprint density at radius 3 is 2.36 bits per heavy atom. The van der Waals surface area contributed by atoms with Gasteiger partial charge in [0.15, 0.2) is 9.84 Å². The fraction of sp³-hybridized carbons (Fsp3) is 0.143. The Labute approximate surface area is 131 Å². The molecule has 0 bridgehead atoms. The van der Waals surface area contributed by atoms with E-state index in [1.165, 1.54) is 30.3 Å². The standard InChI is InChI=1S/C14H13NO5S2/c16-12(7-9-22(19,20)13-2-1-8-21-13)15-11-5-3-10(4-6-11)14(17)18/h1-6,8H,7,9H2,(H,15,16)(H,17,18). The number of sulfone groups is 1. The summed E-state index contributed by atoms with van der Waals surface area (Å²) >= 11 is 1.11. The first kappa shape index (κ1) is 16.2. The summed E-state index contributed by atoms with van der Waals surface area (Å²) in [6.07, 6.45) is -0.166. The lowest BCUT2D eigenvalue weighted by Crippen LogP contribution is -2.17. The third-order valence-electron chi connectivity index (χ3n) is 2.82. The summed E-state index contributed by atoms with van der Waals surface area (Å²) in [5, 5.41) is 13.0. The smallest absolute Gasteiger partial charge is 0.335 e. The van der Waals surface area contributed by atoms with Gasteiger partial charge in [-0.1, -0.05) is 6.07 Å². The summed E-state index contributed by atoms with van der Waals surface area (Å²) in [5.41, 5.74) is 0.529. The minimum absolute atomic E-state index is 0.110. The number of anilines is 1. The molecule has 0 saturated heterocycles. The number of hydrogen-bond donors (Lipinski definition) is 2. The second-order valence-electron chi connectivity index (χ2n) is 4.43. The molecule has 0 unspecified atom stereocenters. The summed E-state index contributed by atoms with van der Waals surface area (Å²) in [6, 6.07) is 8.77. The second-order valence-corrected chi connectivity index (χ2v) is 7.72. The largest absolute Gasteiger partial charge is 0.478 e. The molecule has 1 aromatic carbocycles. The summed E-state index contributed by atoms with van der Waals surface area (Å²) < 4.78 is 24.1. The zero-order valence-corrected chi connectivity index (χ0v) is 13.0. The third kappa shape index (κ3) is 4.15. The lowest BCUT2D eigenvalue weighted by molar-refractivity contribution is -0.115. The van der Waals surface area contributed by atoms with Crippen molar-refractivity contribution in [3.63, 3.8) is 0 Å². The zero-order chi connectivity index (χ0) is 16.2. The predicted octanol–water partition coefficient (Wildman–Crippen LogP) is 2.25. The van der Waals surface area contributed by atoms with Crippen LogP contribution in [0.4, 0.5) is 5.69 Å². The van der Waals surface area contributed by atoms with Gasteiger partial charge in [-0.15, -0.1) is 11.3 Å². The van der Waals surface area contributed by atoms with E-state index in [4.69, 9.17) is 5.11 Å². The number of carboxylic acids is 1. The van der Waals surface area contributed by atoms with Crippen LogP contribution >= 0.6 is 11.3 Å². The van der Waals surface area contributed by atoms with Crippen LogP contribution in [0.5, 0.6) is 0 Å². The van der Waals surface area contributed by atoms with Crippen LogP contribution in [0.3, 0.4) is 0 Å². The highest BCUT2D eigenvalue weighted by molar-refractivity contribution is 7.93. The molecule has 0 atom stereocenters. The molecule has 1 aromatic heterocycles. The van der Waals surface area contributed by atoms with E-state index in [0.717, 1.165) is 11.3 Å². The number of nitrogens with one attached hydrogen (secondary N) is 1. The Balaban J connectivity index is 1.92. The number of amides is 1. The molecule has 116 valence electrons. The van der Waals surface area contributed by atoms with Crippen LogP contribution in [0.1, 0.15) is 16.8 Å². The van der Waals surface area contributed by atoms with Crippen molar-refractivity contribution in [3.05, 3.63) is 47.3 Å². The molecule has 22 heavy (non-hydrogen) atoms. The molecule has 0 aliphatic rings. The number of carbonyl (C=O) groups is 2. The van der Waals surface area contributed by atoms with Gasteiger partial charge in [0, 0.05) is 12.1 Å². The second kappa shape index (κ2) is 6.71. The molecule has 0 fully saturated rings. The Hall–Kier alpha value is -2.19. The molecular formula is C14H13NO5S2. The first-order chi connectivity index (χ1) is 10.4. The van der Waals surface area contributed by atoms with Crippen LogP contribution < -0.4 is 5.32 Å². The van der Waals surface area contributed by atoms with Crippen molar-refractivity contribution >= 4 is 38.7 Å². The van der Waals surface area contributed by atoms with Crippen molar-refractivity contribution in [1.82, 2.24) is 0 Å². The number of carbonyl (C=O) groups excluding carboxylic acids is 1. The SMILES string of the molecule is O=C(CCS(=O)(=O)c1cccs1)Nc1ccc(C(=O)O)cc1. The van der Waals surface area contributed by atoms with E-state index in [9.17, 15) is 18.0 Å². The van der Waals surface area contributed by atoms with Gasteiger partial charge in [0.25, 0.3) is 0 Å². The van der Waals surface area contributed by atoms with E-state index < -0.39 is 21.7 Å². The quantitative estimate of drug-likeness (QED) is 0.840. The van der Waals surface area contributed by atoms with Gasteiger partial charge in [0.1, 0.15) is 4.21 Å². The van der Waals surface area contributed by atoms with E-state index in [1.54, 1.807) is 11.4 Å². The molecular weight excluding hydrogens is 326 g/mol. The predicted molar refractivity (Wildman–Crippen MR) is 83.0 cm³/mol. The highest BCUT2D eigenvalue weighted by Crippen LogP contribution is 2.18. The molecule has 0 aliphatic carbocycles. The molecule has 0 aliphatic heterocycles. The van der Waals surface area contributed by atoms with Crippen LogP contribution in [-0.2, 0) is 14.6 Å². The minimum atomic E-state index is -3.44. The normalized spacial score (nSPS) is 11.1. The van der Waals surface area contributed by atoms with Crippen molar-refractivity contribution in [1.29, 1.82) is 0 Å². The Morgan fingerprint density at radius 2 is 1.82 bits per heavy atom. The molecule has 1 amide bonds. The third-order valence-corrected chi connectivity index (χ3v) is 6.02. The number of rotatable bonds is 6. The van der Waals surface area contributed by atoms with Crippen molar-refractivity contribution < 1.29 is 23.1 Å². The zero-order valence-electron chi connectivity index (χ0n) is 11.4. The molecule has 2 aromatic rings. The van der Waals surface area contributed by atoms with Crippen LogP contribution in [0.25, 0.3) is 0 Å². The van der Waals surface area contributed by atoms with Gasteiger partial charge in [-0.2, -0.15) is 0 Å². The fourth-order valence-corrected chi connectivity index (χ4v) is 4.08. The highest BCUT2D eigenvalue weighted by Gasteiger charge is 2.17. The maximum absolute atomic E-state index is 11.9. The molecule has 0 spiro atoms. The van der Waals surface area contributed by atoms with Gasteiger partial charge in [-0.25, -0.2) is 13.2 Å². The Morgan fingerprint density at radius 1 is 1.14 bits per heavy atom. The van der Waals surface area contributed by atoms with Crippen LogP contribution in [-0.4, -0.2) is 31.2 Å². The van der Waals surface area contributed by atoms with E-state index >= 15 is 0 Å². The van der Waals surface area contributed by atoms with E-state index in [0.29, 0.717) is 5.69 Å². The van der Waals surface area contributed by atoms with Gasteiger partial charge in [0.2, 0.25) is 5.91 Å². The van der Waals surface area contributed by atoms with Crippen molar-refractivity contribution in [2.75, 3.05) is 11.1 Å². The molecule has 0 radical (unpaired) electrons. The fourth-order valence-electron chi connectivity index (χ4n) is 1.69. The van der Waals surface area contributed by atoms with E-state index in [-0.39, 0.29) is 21.9 Å². The summed E-state index contributed by atoms with van der Waals surface area (Å²) in [4.78, 5) is 22.5. The maximum Gasteiger partial charge on any atom is 0.335 e. The summed E-state index contributed by atoms with van der Waals surface area (Å²) in [5.74, 6) is -1.77. The highest BCUT2D eigenvalue weighted by atomic mass is 32.2. The maximum atomic E-state index is 11.9. The molecule has 2 rings (SSSR count). The summed E-state index contributed by atoms with van der Waals surface area (Å²) in [7, 11) is -3.44. The molecule has 1 heterocycles. The first-order valence-electron chi connectivity index (χ1n) is 6.28. The number of hydrogen-bond acceptors (Lipinski definition) is 5. The van der Waals surface area contributed by atoms with Gasteiger partial charge >= 0.3 is 5.97 Å². The molecule has 2 N–H and O–H groups in total. The minimum Gasteiger partial charge on any atom is -0.478 e. The molecule has 8 heteroatoms. The van der Waals surface area contributed by atoms with Gasteiger partial charge in [-0.3, -0.25) is 4.79 Å². The van der Waals surface area contributed by atoms with Crippen LogP contribution in [0.15, 0.2) is 46.0 Å². The monoisotopic (exact) mass is 339 g/mol. The average Bonchev–Trinajstić information content (AvgIpc) is 3.01. The first-order valence-corrected chi connectivity index (χ1v) is 8.81. The van der Waals surface area contributed by atoms with E-state index in [1.807, 2.05) is 0 Å². The van der Waals surface area contributed by atoms with Crippen LogP contribution in [0, 0.1) is 0 Å². The van der Waals surface area contributed by atoms with Crippen molar-refractivity contribution in [3.8, 4) is 0 Å². The number of thiophene rings is 1. The van der Waals surface area contributed by atoms with Gasteiger partial charge in [0.05, 0.1) is 11.3 Å². The lowest BCUT2D eigenvalue weighted by Gasteiger charge is -2.06. The van der Waals surface area contributed by atoms with Gasteiger partial charge in [-0.05, 0) is 35.7 Å². The average molecular weight is 339 g/mol. The molecule has 6 nitrogen and oxygen atoms in total. The topological polar surface area (TPSA) is 101 Å². The van der Waals surface area contributed by atoms with Crippen LogP contribution in [0.2, 0.25) is 0 Å². The Bertz CT molecular complexity index is 764. The number of carboxylic acid groups (broad SMARTS) is 1. The van der Waals surface area contributed by atoms with Gasteiger partial charge < -0.3 is 10.4 Å². The van der Waals surface area contributed by atoms with E-state index in [2.05, 4.69) is 5.32 Å². The van der Waals surface area contributed by atoms with Crippen molar-refractivity contribution in [2.45, 2.75) is 10.6 Å². The Kier molecular flexibility index (Phi) is 4.94. The number of benzene rings is 1. The molecule has 0 saturated carbocycles. The summed E-state index contributed by atoms with van der Waals surface area (Å²) in [6.45, 7) is 0. The lowest BCUT2D eigenvalue weighted by atomic mass is 10.2. The number of aromatic carboxylic acids is 1.